The van der Waals surface area contributed by atoms with Crippen LogP contribution in [0.5, 0.6) is 5.75 Å². The second-order valence-corrected chi connectivity index (χ2v) is 5.25. The van der Waals surface area contributed by atoms with E-state index in [0.717, 1.165) is 24.1 Å². The molecule has 0 spiro atoms. The summed E-state index contributed by atoms with van der Waals surface area (Å²) in [5.74, 6) is -0.601. The number of nitrogens with one attached hydrogen (secondary N) is 1. The molecule has 0 bridgehead atoms. The van der Waals surface area contributed by atoms with Gasteiger partial charge >= 0.3 is 0 Å². The fourth-order valence-electron chi connectivity index (χ4n) is 2.39. The Kier molecular flexibility index (Phi) is 3.62. The number of rotatable bonds is 2. The lowest BCUT2D eigenvalue weighted by atomic mass is 10.1. The van der Waals surface area contributed by atoms with Crippen molar-refractivity contribution in [1.29, 1.82) is 0 Å². The molecule has 0 saturated carbocycles. The number of hydrogen-bond donors (Lipinski definition) is 2. The van der Waals surface area contributed by atoms with Crippen LogP contribution in [0, 0.1) is 0 Å². The monoisotopic (exact) mass is 300 g/mol. The zero-order chi connectivity index (χ0) is 14.8. The summed E-state index contributed by atoms with van der Waals surface area (Å²) < 4.78 is 0. The quantitative estimate of drug-likeness (QED) is 0.837. The first-order valence-corrected chi connectivity index (χ1v) is 6.96. The Morgan fingerprint density at radius 1 is 1.19 bits per heavy atom. The smallest absolute Gasteiger partial charge is 0.275 e. The molecule has 21 heavy (non-hydrogen) atoms. The number of carbonyl (C=O) groups is 1. The molecule has 0 atom stereocenters. The number of hydrogen-bond acceptors (Lipinski definition) is 3. The van der Waals surface area contributed by atoms with E-state index in [1.54, 1.807) is 0 Å². The van der Waals surface area contributed by atoms with Gasteiger partial charge in [-0.05, 0) is 36.6 Å². The van der Waals surface area contributed by atoms with Crippen molar-refractivity contribution < 1.29 is 9.90 Å². The van der Waals surface area contributed by atoms with Crippen LogP contribution in [-0.4, -0.2) is 16.7 Å². The Morgan fingerprint density at radius 3 is 2.86 bits per heavy atom. The largest absolute Gasteiger partial charge is 0.507 e. The zero-order valence-corrected chi connectivity index (χ0v) is 11.9. The van der Waals surface area contributed by atoms with Crippen molar-refractivity contribution in [2.75, 3.05) is 0 Å². The van der Waals surface area contributed by atoms with Crippen molar-refractivity contribution >= 4 is 23.2 Å². The van der Waals surface area contributed by atoms with Gasteiger partial charge in [0.15, 0.2) is 0 Å². The zero-order valence-electron chi connectivity index (χ0n) is 11.1. The molecule has 0 radical (unpaired) electrons. The molecule has 1 aliphatic rings. The molecule has 0 aromatic heterocycles. The molecular formula is C16H13ClN2O2. The standard InChI is InChI=1S/C16H13ClN2O2/c17-11-6-8-15(20)13(9-11)16(21)19-18-14-7-5-10-3-1-2-4-12(10)14/h1-4,6,8-9,20H,5,7H2,(H,19,21)/b18-14-. The fourth-order valence-corrected chi connectivity index (χ4v) is 2.56. The highest BCUT2D eigenvalue weighted by Crippen LogP contribution is 2.23. The van der Waals surface area contributed by atoms with Gasteiger partial charge in [-0.1, -0.05) is 35.9 Å². The average Bonchev–Trinajstić information content (AvgIpc) is 2.90. The van der Waals surface area contributed by atoms with Gasteiger partial charge in [0.2, 0.25) is 0 Å². The molecule has 1 amide bonds. The molecule has 106 valence electrons. The minimum atomic E-state index is -0.480. The van der Waals surface area contributed by atoms with Crippen LogP contribution in [-0.2, 0) is 6.42 Å². The van der Waals surface area contributed by atoms with Gasteiger partial charge in [-0.3, -0.25) is 4.79 Å². The van der Waals surface area contributed by atoms with E-state index in [1.165, 1.54) is 23.8 Å². The normalized spacial score (nSPS) is 15.0. The van der Waals surface area contributed by atoms with Gasteiger partial charge in [0.25, 0.3) is 5.91 Å². The third-order valence-electron chi connectivity index (χ3n) is 3.46. The van der Waals surface area contributed by atoms with Crippen LogP contribution in [0.2, 0.25) is 5.02 Å². The number of amides is 1. The SMILES string of the molecule is O=C(N/N=C1/CCc2ccccc21)c1cc(Cl)ccc1O. The summed E-state index contributed by atoms with van der Waals surface area (Å²) >= 11 is 5.83. The molecular weight excluding hydrogens is 288 g/mol. The van der Waals surface area contributed by atoms with E-state index >= 15 is 0 Å². The Hall–Kier alpha value is -2.33. The number of nitrogens with zero attached hydrogens (tertiary/aromatic N) is 1. The number of carbonyl (C=O) groups excluding carboxylic acids is 1. The van der Waals surface area contributed by atoms with Gasteiger partial charge < -0.3 is 5.11 Å². The number of phenols is 1. The molecule has 2 N–H and O–H groups in total. The molecule has 0 unspecified atom stereocenters. The first-order valence-electron chi connectivity index (χ1n) is 6.59. The molecule has 1 aliphatic carbocycles. The molecule has 5 heteroatoms. The lowest BCUT2D eigenvalue weighted by Gasteiger charge is -2.05. The lowest BCUT2D eigenvalue weighted by molar-refractivity contribution is 0.0952. The highest BCUT2D eigenvalue weighted by Gasteiger charge is 2.18. The topological polar surface area (TPSA) is 61.7 Å². The van der Waals surface area contributed by atoms with Gasteiger partial charge in [0.1, 0.15) is 5.75 Å². The summed E-state index contributed by atoms with van der Waals surface area (Å²) in [7, 11) is 0. The summed E-state index contributed by atoms with van der Waals surface area (Å²) in [6.07, 6.45) is 1.72. The number of aryl methyl sites for hydroxylation is 1. The van der Waals surface area contributed by atoms with Gasteiger partial charge in [0, 0.05) is 10.6 Å². The first-order chi connectivity index (χ1) is 10.1. The fraction of sp³-hybridized carbons (Fsp3) is 0.125. The van der Waals surface area contributed by atoms with Crippen LogP contribution in [0.1, 0.15) is 27.9 Å². The minimum Gasteiger partial charge on any atom is -0.507 e. The van der Waals surface area contributed by atoms with Crippen LogP contribution in [0.15, 0.2) is 47.6 Å². The maximum absolute atomic E-state index is 12.0. The Bertz CT molecular complexity index is 741. The molecule has 0 aliphatic heterocycles. The number of benzene rings is 2. The Morgan fingerprint density at radius 2 is 2.00 bits per heavy atom. The Labute approximate surface area is 127 Å². The minimum absolute atomic E-state index is 0.109. The number of fused-ring (bicyclic) bond motifs is 1. The molecule has 0 heterocycles. The van der Waals surface area contributed by atoms with E-state index in [2.05, 4.69) is 16.6 Å². The highest BCUT2D eigenvalue weighted by molar-refractivity contribution is 6.31. The lowest BCUT2D eigenvalue weighted by Crippen LogP contribution is -2.19. The summed E-state index contributed by atoms with van der Waals surface area (Å²) in [6.45, 7) is 0. The maximum atomic E-state index is 12.0. The molecule has 2 aromatic carbocycles. The van der Waals surface area contributed by atoms with Crippen molar-refractivity contribution in [1.82, 2.24) is 5.43 Å². The van der Waals surface area contributed by atoms with E-state index in [1.807, 2.05) is 18.2 Å². The van der Waals surface area contributed by atoms with E-state index in [0.29, 0.717) is 5.02 Å². The number of phenolic OH excluding ortho intramolecular Hbond substituents is 1. The van der Waals surface area contributed by atoms with Crippen molar-refractivity contribution in [3.8, 4) is 5.75 Å². The predicted octanol–water partition coefficient (Wildman–Crippen LogP) is 3.13. The number of aromatic hydroxyl groups is 1. The van der Waals surface area contributed by atoms with E-state index in [-0.39, 0.29) is 11.3 Å². The summed E-state index contributed by atoms with van der Waals surface area (Å²) in [4.78, 5) is 12.0. The summed E-state index contributed by atoms with van der Waals surface area (Å²) in [5, 5.41) is 14.2. The van der Waals surface area contributed by atoms with Crippen molar-refractivity contribution in [2.45, 2.75) is 12.8 Å². The van der Waals surface area contributed by atoms with Crippen LogP contribution >= 0.6 is 11.6 Å². The molecule has 0 fully saturated rings. The third kappa shape index (κ3) is 2.76. The van der Waals surface area contributed by atoms with E-state index in [9.17, 15) is 9.90 Å². The third-order valence-corrected chi connectivity index (χ3v) is 3.69. The number of hydrazone groups is 1. The van der Waals surface area contributed by atoms with Crippen LogP contribution in [0.4, 0.5) is 0 Å². The van der Waals surface area contributed by atoms with Gasteiger partial charge in [0.05, 0.1) is 11.3 Å². The molecule has 4 nitrogen and oxygen atoms in total. The first kappa shape index (κ1) is 13.6. The van der Waals surface area contributed by atoms with Gasteiger partial charge in [-0.2, -0.15) is 5.10 Å². The average molecular weight is 301 g/mol. The molecule has 3 rings (SSSR count). The van der Waals surface area contributed by atoms with Gasteiger partial charge in [-0.15, -0.1) is 0 Å². The Balaban J connectivity index is 1.81. The summed E-state index contributed by atoms with van der Waals surface area (Å²) in [5.41, 5.74) is 5.73. The van der Waals surface area contributed by atoms with Crippen LogP contribution < -0.4 is 5.43 Å². The number of halogens is 1. The second kappa shape index (κ2) is 5.58. The van der Waals surface area contributed by atoms with Gasteiger partial charge in [-0.25, -0.2) is 5.43 Å². The second-order valence-electron chi connectivity index (χ2n) is 4.82. The summed E-state index contributed by atoms with van der Waals surface area (Å²) in [6, 6.07) is 12.3. The van der Waals surface area contributed by atoms with Crippen LogP contribution in [0.3, 0.4) is 0 Å². The highest BCUT2D eigenvalue weighted by atomic mass is 35.5. The molecule has 2 aromatic rings. The predicted molar refractivity (Wildman–Crippen MR) is 81.9 cm³/mol. The molecule has 0 saturated heterocycles. The van der Waals surface area contributed by atoms with Crippen molar-refractivity contribution in [3.05, 3.63) is 64.2 Å². The van der Waals surface area contributed by atoms with Crippen molar-refractivity contribution in [2.24, 2.45) is 5.10 Å². The van der Waals surface area contributed by atoms with E-state index < -0.39 is 5.91 Å². The van der Waals surface area contributed by atoms with Crippen molar-refractivity contribution in [3.63, 3.8) is 0 Å². The van der Waals surface area contributed by atoms with Crippen LogP contribution in [0.25, 0.3) is 0 Å². The van der Waals surface area contributed by atoms with E-state index in [4.69, 9.17) is 11.6 Å². The maximum Gasteiger partial charge on any atom is 0.275 e.